The molecule has 0 radical (unpaired) electrons. The van der Waals surface area contributed by atoms with Gasteiger partial charge in [0.2, 0.25) is 5.91 Å². The van der Waals surface area contributed by atoms with Crippen LogP contribution in [0, 0.1) is 0 Å². The molecule has 1 unspecified atom stereocenters. The van der Waals surface area contributed by atoms with Gasteiger partial charge in [0.1, 0.15) is 0 Å². The van der Waals surface area contributed by atoms with Crippen LogP contribution in [0.2, 0.25) is 0 Å². The van der Waals surface area contributed by atoms with E-state index in [9.17, 15) is 9.59 Å². The van der Waals surface area contributed by atoms with Crippen molar-refractivity contribution in [2.75, 3.05) is 0 Å². The van der Waals surface area contributed by atoms with E-state index in [4.69, 9.17) is 0 Å². The number of aryl methyl sites for hydroxylation is 1. The molecular weight excluding hydrogens is 280 g/mol. The van der Waals surface area contributed by atoms with Crippen LogP contribution in [0.25, 0.3) is 6.08 Å². The maximum Gasteiger partial charge on any atom is 0.264 e. The minimum absolute atomic E-state index is 0.0298. The Balaban J connectivity index is 1.61. The van der Waals surface area contributed by atoms with Gasteiger partial charge in [-0.05, 0) is 42.5 Å². The Hall–Kier alpha value is -2.76. The predicted molar refractivity (Wildman–Crippen MR) is 82.1 cm³/mol. The largest absolute Gasteiger partial charge is 0.349 e. The van der Waals surface area contributed by atoms with Gasteiger partial charge in [-0.2, -0.15) is 5.10 Å². The second-order valence-electron chi connectivity index (χ2n) is 5.27. The molecule has 1 aliphatic carbocycles. The monoisotopic (exact) mass is 296 g/mol. The normalized spacial score (nSPS) is 17.2. The molecule has 6 heteroatoms. The first-order valence-corrected chi connectivity index (χ1v) is 7.17. The smallest absolute Gasteiger partial charge is 0.264 e. The molecule has 1 aliphatic rings. The van der Waals surface area contributed by atoms with Gasteiger partial charge in [-0.15, -0.1) is 0 Å². The van der Waals surface area contributed by atoms with Crippen molar-refractivity contribution in [3.8, 4) is 0 Å². The van der Waals surface area contributed by atoms with Gasteiger partial charge in [0.25, 0.3) is 5.56 Å². The van der Waals surface area contributed by atoms with Gasteiger partial charge in [-0.1, -0.05) is 6.07 Å². The number of nitrogens with one attached hydrogen (secondary N) is 2. The lowest BCUT2D eigenvalue weighted by molar-refractivity contribution is -0.117. The molecule has 112 valence electrons. The number of hydrogen-bond donors (Lipinski definition) is 2. The number of hydrogen-bond acceptors (Lipinski definition) is 4. The third-order valence-corrected chi connectivity index (χ3v) is 3.63. The van der Waals surface area contributed by atoms with Crippen molar-refractivity contribution in [2.24, 2.45) is 0 Å². The molecule has 2 aromatic rings. The van der Waals surface area contributed by atoms with Crippen LogP contribution in [0.5, 0.6) is 0 Å². The molecule has 0 saturated heterocycles. The van der Waals surface area contributed by atoms with Gasteiger partial charge < -0.3 is 5.32 Å². The second-order valence-corrected chi connectivity index (χ2v) is 5.27. The molecule has 0 bridgehead atoms. The van der Waals surface area contributed by atoms with Gasteiger partial charge in [0.15, 0.2) is 0 Å². The summed E-state index contributed by atoms with van der Waals surface area (Å²) >= 11 is 0. The van der Waals surface area contributed by atoms with Crippen LogP contribution in [0.4, 0.5) is 0 Å². The molecule has 2 N–H and O–H groups in total. The van der Waals surface area contributed by atoms with Crippen molar-refractivity contribution in [1.82, 2.24) is 20.5 Å². The molecule has 2 aromatic heterocycles. The molecule has 2 heterocycles. The molecule has 1 amide bonds. The topological polar surface area (TPSA) is 87.7 Å². The summed E-state index contributed by atoms with van der Waals surface area (Å²) in [5, 5.41) is 9.44. The summed E-state index contributed by atoms with van der Waals surface area (Å²) in [4.78, 5) is 27.3. The number of aromatic nitrogens is 3. The average Bonchev–Trinajstić information content (AvgIpc) is 2.53. The maximum absolute atomic E-state index is 12.0. The third-order valence-electron chi connectivity index (χ3n) is 3.63. The highest BCUT2D eigenvalue weighted by Crippen LogP contribution is 2.17. The summed E-state index contributed by atoms with van der Waals surface area (Å²) in [6.07, 6.45) is 8.82. The van der Waals surface area contributed by atoms with Crippen LogP contribution >= 0.6 is 0 Å². The van der Waals surface area contributed by atoms with Crippen molar-refractivity contribution in [1.29, 1.82) is 0 Å². The number of rotatable bonds is 3. The van der Waals surface area contributed by atoms with E-state index in [0.717, 1.165) is 29.7 Å². The fourth-order valence-corrected chi connectivity index (χ4v) is 2.56. The van der Waals surface area contributed by atoms with E-state index < -0.39 is 0 Å². The van der Waals surface area contributed by atoms with Crippen molar-refractivity contribution in [3.05, 3.63) is 63.8 Å². The molecule has 1 atom stereocenters. The van der Waals surface area contributed by atoms with Crippen molar-refractivity contribution in [3.63, 3.8) is 0 Å². The highest BCUT2D eigenvalue weighted by atomic mass is 16.1. The highest BCUT2D eigenvalue weighted by Gasteiger charge is 2.20. The Bertz CT molecular complexity index is 752. The minimum Gasteiger partial charge on any atom is -0.349 e. The quantitative estimate of drug-likeness (QED) is 0.822. The Morgan fingerprint density at radius 3 is 3.18 bits per heavy atom. The summed E-state index contributed by atoms with van der Waals surface area (Å²) in [6.45, 7) is 0. The van der Waals surface area contributed by atoms with Crippen LogP contribution in [-0.2, 0) is 17.6 Å². The molecule has 6 nitrogen and oxygen atoms in total. The van der Waals surface area contributed by atoms with Gasteiger partial charge in [-0.3, -0.25) is 14.6 Å². The Morgan fingerprint density at radius 1 is 1.45 bits per heavy atom. The van der Waals surface area contributed by atoms with E-state index in [0.29, 0.717) is 6.42 Å². The molecular formula is C16H16N4O2. The zero-order valence-corrected chi connectivity index (χ0v) is 12.0. The lowest BCUT2D eigenvalue weighted by Crippen LogP contribution is -2.38. The molecule has 0 spiro atoms. The van der Waals surface area contributed by atoms with Crippen molar-refractivity contribution >= 4 is 12.0 Å². The van der Waals surface area contributed by atoms with E-state index in [2.05, 4.69) is 20.5 Å². The summed E-state index contributed by atoms with van der Waals surface area (Å²) in [5.41, 5.74) is 2.50. The number of pyridine rings is 1. The average molecular weight is 296 g/mol. The van der Waals surface area contributed by atoms with Crippen molar-refractivity contribution in [2.45, 2.75) is 25.3 Å². The summed E-state index contributed by atoms with van der Waals surface area (Å²) < 4.78 is 0. The van der Waals surface area contributed by atoms with Crippen LogP contribution in [-0.4, -0.2) is 27.1 Å². The number of fused-ring (bicyclic) bond motifs is 1. The van der Waals surface area contributed by atoms with Crippen LogP contribution in [0.15, 0.2) is 41.5 Å². The lowest BCUT2D eigenvalue weighted by atomic mass is 9.92. The lowest BCUT2D eigenvalue weighted by Gasteiger charge is -2.23. The van der Waals surface area contributed by atoms with Gasteiger partial charge >= 0.3 is 0 Å². The van der Waals surface area contributed by atoms with Crippen LogP contribution in [0.3, 0.4) is 0 Å². The molecule has 0 saturated carbocycles. The fraction of sp³-hybridized carbons (Fsp3) is 0.250. The molecule has 3 rings (SSSR count). The number of carbonyl (C=O) groups is 1. The minimum atomic E-state index is -0.206. The summed E-state index contributed by atoms with van der Waals surface area (Å²) in [7, 11) is 0. The maximum atomic E-state index is 12.0. The van der Waals surface area contributed by atoms with E-state index in [1.165, 1.54) is 6.08 Å². The molecule has 22 heavy (non-hydrogen) atoms. The first-order valence-electron chi connectivity index (χ1n) is 7.17. The highest BCUT2D eigenvalue weighted by molar-refractivity contribution is 5.91. The van der Waals surface area contributed by atoms with Crippen molar-refractivity contribution < 1.29 is 4.79 Å². The van der Waals surface area contributed by atoms with E-state index in [1.807, 2.05) is 12.1 Å². The first kappa shape index (κ1) is 14.2. The Kier molecular flexibility index (Phi) is 4.09. The van der Waals surface area contributed by atoms with Crippen LogP contribution in [0.1, 0.15) is 23.2 Å². The number of amides is 1. The standard InChI is InChI=1S/C16H16N4O2/c21-15(6-3-11-2-1-7-17-10-11)18-13-4-5-14-12(8-13)9-16(22)20-19-14/h1-3,6-7,9-10,13H,4-5,8H2,(H,18,21)(H,20,22)/b6-3+. The number of aromatic amines is 1. The predicted octanol–water partition coefficient (Wildman–Crippen LogP) is 0.852. The van der Waals surface area contributed by atoms with Gasteiger partial charge in [-0.25, -0.2) is 5.10 Å². The summed E-state index contributed by atoms with van der Waals surface area (Å²) in [6, 6.07) is 5.29. The van der Waals surface area contributed by atoms with Gasteiger partial charge in [0, 0.05) is 30.6 Å². The fourth-order valence-electron chi connectivity index (χ4n) is 2.56. The Labute approximate surface area is 127 Å². The third kappa shape index (κ3) is 3.46. The Morgan fingerprint density at radius 2 is 2.36 bits per heavy atom. The van der Waals surface area contributed by atoms with E-state index in [1.54, 1.807) is 24.5 Å². The first-order chi connectivity index (χ1) is 10.7. The zero-order chi connectivity index (χ0) is 15.4. The molecule has 0 aliphatic heterocycles. The number of nitrogens with zero attached hydrogens (tertiary/aromatic N) is 2. The summed E-state index contributed by atoms with van der Waals surface area (Å²) in [5.74, 6) is -0.143. The molecule has 0 fully saturated rings. The van der Waals surface area contributed by atoms with E-state index >= 15 is 0 Å². The van der Waals surface area contributed by atoms with Crippen LogP contribution < -0.4 is 10.9 Å². The molecule has 0 aromatic carbocycles. The zero-order valence-electron chi connectivity index (χ0n) is 12.0. The number of H-pyrrole nitrogens is 1. The SMILES string of the molecule is O=C(/C=C/c1cccnc1)NC1CCc2n[nH]c(=O)cc2C1. The number of carbonyl (C=O) groups excluding carboxylic acids is 1. The van der Waals surface area contributed by atoms with E-state index in [-0.39, 0.29) is 17.5 Å². The second kappa shape index (κ2) is 6.34. The van der Waals surface area contributed by atoms with Gasteiger partial charge in [0.05, 0.1) is 5.69 Å².